The Kier molecular flexibility index (Phi) is 7.06. The maximum absolute atomic E-state index is 13.6. The molecular weight excluding hydrogens is 412 g/mol. The number of aliphatic hydroxyl groups excluding tert-OH is 1. The van der Waals surface area contributed by atoms with E-state index in [2.05, 4.69) is 0 Å². The summed E-state index contributed by atoms with van der Waals surface area (Å²) in [5, 5.41) is 10.4. The highest BCUT2D eigenvalue weighted by Crippen LogP contribution is 2.29. The SMILES string of the molecule is Cc1ccc(S(=O)(=O)N(CC(=O)N(C)C2CCCCC2O)c2cc(C)ccc2C)cc1. The van der Waals surface area contributed by atoms with Crippen molar-refractivity contribution in [2.45, 2.75) is 63.5 Å². The number of aliphatic hydroxyl groups is 1. The van der Waals surface area contributed by atoms with Gasteiger partial charge in [-0.05, 0) is 62.9 Å². The Bertz CT molecular complexity index is 1030. The number of anilines is 1. The van der Waals surface area contributed by atoms with Crippen LogP contribution in [0.4, 0.5) is 5.69 Å². The molecule has 1 fully saturated rings. The summed E-state index contributed by atoms with van der Waals surface area (Å²) in [6.45, 7) is 5.31. The third kappa shape index (κ3) is 5.10. The van der Waals surface area contributed by atoms with E-state index in [1.165, 1.54) is 9.21 Å². The lowest BCUT2D eigenvalue weighted by molar-refractivity contribution is -0.133. The highest BCUT2D eigenvalue weighted by atomic mass is 32.2. The van der Waals surface area contributed by atoms with Crippen molar-refractivity contribution in [2.75, 3.05) is 17.9 Å². The quantitative estimate of drug-likeness (QED) is 0.739. The number of benzene rings is 2. The van der Waals surface area contributed by atoms with Crippen molar-refractivity contribution in [3.05, 3.63) is 59.2 Å². The predicted molar refractivity (Wildman–Crippen MR) is 123 cm³/mol. The zero-order valence-electron chi connectivity index (χ0n) is 18.7. The van der Waals surface area contributed by atoms with Crippen LogP contribution in [-0.4, -0.2) is 50.1 Å². The average molecular weight is 445 g/mol. The first-order chi connectivity index (χ1) is 14.6. The molecule has 2 atom stereocenters. The Morgan fingerprint density at radius 1 is 1.00 bits per heavy atom. The third-order valence-electron chi connectivity index (χ3n) is 6.11. The van der Waals surface area contributed by atoms with E-state index in [-0.39, 0.29) is 23.4 Å². The molecule has 7 heteroatoms. The molecule has 0 aromatic heterocycles. The number of nitrogens with zero attached hydrogens (tertiary/aromatic N) is 2. The Labute approximate surface area is 185 Å². The second-order valence-corrected chi connectivity index (χ2v) is 10.4. The number of carbonyl (C=O) groups is 1. The van der Waals surface area contributed by atoms with Crippen LogP contribution < -0.4 is 4.31 Å². The smallest absolute Gasteiger partial charge is 0.264 e. The molecule has 2 aromatic carbocycles. The van der Waals surface area contributed by atoms with Crippen LogP contribution in [0.2, 0.25) is 0 Å². The normalized spacial score (nSPS) is 19.1. The van der Waals surface area contributed by atoms with E-state index in [1.54, 1.807) is 37.4 Å². The molecule has 2 unspecified atom stereocenters. The van der Waals surface area contributed by atoms with Gasteiger partial charge in [-0.2, -0.15) is 0 Å². The van der Waals surface area contributed by atoms with Gasteiger partial charge in [0.1, 0.15) is 6.54 Å². The van der Waals surface area contributed by atoms with Crippen molar-refractivity contribution in [3.8, 4) is 0 Å². The van der Waals surface area contributed by atoms with Crippen LogP contribution in [0.15, 0.2) is 47.4 Å². The minimum atomic E-state index is -3.96. The lowest BCUT2D eigenvalue weighted by Gasteiger charge is -2.36. The first-order valence-electron chi connectivity index (χ1n) is 10.7. The standard InChI is InChI=1S/C24H32N2O4S/c1-17-10-13-20(14-11-17)31(29,30)26(22-15-18(2)9-12-19(22)3)16-24(28)25(4)21-7-5-6-8-23(21)27/h9-15,21,23,27H,5-8,16H2,1-4H3. The van der Waals surface area contributed by atoms with Gasteiger partial charge in [0.05, 0.1) is 22.7 Å². The fourth-order valence-electron chi connectivity index (χ4n) is 4.09. The number of likely N-dealkylation sites (N-methyl/N-ethyl adjacent to an activating group) is 1. The Morgan fingerprint density at radius 3 is 2.26 bits per heavy atom. The van der Waals surface area contributed by atoms with Gasteiger partial charge in [-0.3, -0.25) is 9.10 Å². The zero-order chi connectivity index (χ0) is 22.8. The second-order valence-electron chi connectivity index (χ2n) is 8.54. The molecule has 1 aliphatic carbocycles. The van der Waals surface area contributed by atoms with Crippen LogP contribution in [0.25, 0.3) is 0 Å². The monoisotopic (exact) mass is 444 g/mol. The highest BCUT2D eigenvalue weighted by molar-refractivity contribution is 7.92. The molecule has 1 aliphatic rings. The zero-order valence-corrected chi connectivity index (χ0v) is 19.5. The molecule has 0 heterocycles. The van der Waals surface area contributed by atoms with E-state index in [9.17, 15) is 18.3 Å². The third-order valence-corrected chi connectivity index (χ3v) is 7.88. The Balaban J connectivity index is 1.99. The summed E-state index contributed by atoms with van der Waals surface area (Å²) in [5.74, 6) is -0.331. The molecule has 0 aliphatic heterocycles. The first kappa shape index (κ1) is 23.3. The average Bonchev–Trinajstić information content (AvgIpc) is 2.74. The highest BCUT2D eigenvalue weighted by Gasteiger charge is 2.33. The van der Waals surface area contributed by atoms with Crippen LogP contribution in [0.3, 0.4) is 0 Å². The van der Waals surface area contributed by atoms with E-state index < -0.39 is 16.1 Å². The van der Waals surface area contributed by atoms with E-state index in [0.717, 1.165) is 36.0 Å². The van der Waals surface area contributed by atoms with Gasteiger partial charge in [-0.25, -0.2) is 8.42 Å². The molecule has 0 radical (unpaired) electrons. The molecule has 0 bridgehead atoms. The summed E-state index contributed by atoms with van der Waals surface area (Å²) in [5.41, 5.74) is 3.13. The molecule has 1 amide bonds. The number of rotatable bonds is 6. The molecule has 6 nitrogen and oxygen atoms in total. The fourth-order valence-corrected chi connectivity index (χ4v) is 5.56. The van der Waals surface area contributed by atoms with Crippen molar-refractivity contribution in [1.29, 1.82) is 0 Å². The number of carbonyl (C=O) groups excluding carboxylic acids is 1. The molecule has 3 rings (SSSR count). The van der Waals surface area contributed by atoms with Crippen molar-refractivity contribution in [2.24, 2.45) is 0 Å². The second kappa shape index (κ2) is 9.40. The summed E-state index contributed by atoms with van der Waals surface area (Å²) in [7, 11) is -2.31. The van der Waals surface area contributed by atoms with E-state index in [1.807, 2.05) is 32.9 Å². The van der Waals surface area contributed by atoms with Gasteiger partial charge in [-0.15, -0.1) is 0 Å². The van der Waals surface area contributed by atoms with E-state index in [0.29, 0.717) is 12.1 Å². The summed E-state index contributed by atoms with van der Waals surface area (Å²) in [6.07, 6.45) is 2.69. The summed E-state index contributed by atoms with van der Waals surface area (Å²) < 4.78 is 28.4. The van der Waals surface area contributed by atoms with E-state index >= 15 is 0 Å². The molecule has 0 spiro atoms. The largest absolute Gasteiger partial charge is 0.391 e. The van der Waals surface area contributed by atoms with Gasteiger partial charge in [0.2, 0.25) is 5.91 Å². The lowest BCUT2D eigenvalue weighted by Crippen LogP contribution is -2.50. The fraction of sp³-hybridized carbons (Fsp3) is 0.458. The number of sulfonamides is 1. The molecule has 2 aromatic rings. The minimum absolute atomic E-state index is 0.146. The minimum Gasteiger partial charge on any atom is -0.391 e. The lowest BCUT2D eigenvalue weighted by atomic mass is 9.91. The number of amides is 1. The van der Waals surface area contributed by atoms with Crippen LogP contribution in [0.1, 0.15) is 42.4 Å². The summed E-state index contributed by atoms with van der Waals surface area (Å²) in [4.78, 5) is 14.9. The van der Waals surface area contributed by atoms with Crippen molar-refractivity contribution in [1.82, 2.24) is 4.90 Å². The maximum atomic E-state index is 13.6. The van der Waals surface area contributed by atoms with Crippen LogP contribution in [0.5, 0.6) is 0 Å². The van der Waals surface area contributed by atoms with Crippen LogP contribution in [0, 0.1) is 20.8 Å². The molecular formula is C24H32N2O4S. The van der Waals surface area contributed by atoms with Crippen LogP contribution in [-0.2, 0) is 14.8 Å². The van der Waals surface area contributed by atoms with Crippen LogP contribution >= 0.6 is 0 Å². The van der Waals surface area contributed by atoms with Gasteiger partial charge in [0, 0.05) is 7.05 Å². The number of aryl methyl sites for hydroxylation is 3. The number of hydrogen-bond donors (Lipinski definition) is 1. The van der Waals surface area contributed by atoms with Gasteiger partial charge >= 0.3 is 0 Å². The summed E-state index contributed by atoms with van der Waals surface area (Å²) in [6, 6.07) is 11.9. The summed E-state index contributed by atoms with van der Waals surface area (Å²) >= 11 is 0. The van der Waals surface area contributed by atoms with E-state index in [4.69, 9.17) is 0 Å². The van der Waals surface area contributed by atoms with Gasteiger partial charge in [-0.1, -0.05) is 42.7 Å². The first-order valence-corrected chi connectivity index (χ1v) is 12.2. The van der Waals surface area contributed by atoms with Crippen molar-refractivity contribution in [3.63, 3.8) is 0 Å². The topological polar surface area (TPSA) is 77.9 Å². The van der Waals surface area contributed by atoms with Crippen molar-refractivity contribution < 1.29 is 18.3 Å². The maximum Gasteiger partial charge on any atom is 0.264 e. The molecule has 1 saturated carbocycles. The Hall–Kier alpha value is -2.38. The van der Waals surface area contributed by atoms with Gasteiger partial charge in [0.25, 0.3) is 10.0 Å². The molecule has 0 saturated heterocycles. The van der Waals surface area contributed by atoms with Gasteiger partial charge < -0.3 is 10.0 Å². The Morgan fingerprint density at radius 2 is 1.61 bits per heavy atom. The molecule has 31 heavy (non-hydrogen) atoms. The molecule has 1 N–H and O–H groups in total. The molecule has 168 valence electrons. The van der Waals surface area contributed by atoms with Gasteiger partial charge in [0.15, 0.2) is 0 Å². The number of hydrogen-bond acceptors (Lipinski definition) is 4. The van der Waals surface area contributed by atoms with Crippen molar-refractivity contribution >= 4 is 21.6 Å². The predicted octanol–water partition coefficient (Wildman–Crippen LogP) is 3.57.